The maximum Gasteiger partial charge on any atom is 0.327 e. The molecule has 3 aliphatic rings. The van der Waals surface area contributed by atoms with Crippen molar-refractivity contribution in [2.75, 3.05) is 20.1 Å². The van der Waals surface area contributed by atoms with E-state index in [4.69, 9.17) is 0 Å². The number of rotatable bonds is 4. The van der Waals surface area contributed by atoms with Gasteiger partial charge >= 0.3 is 6.03 Å². The number of hydrogen-bond acceptors (Lipinski definition) is 3. The van der Waals surface area contributed by atoms with Crippen molar-refractivity contribution < 1.29 is 14.4 Å². The molecule has 1 heterocycles. The first-order valence-electron chi connectivity index (χ1n) is 9.40. The molecule has 6 heteroatoms. The van der Waals surface area contributed by atoms with Crippen LogP contribution in [0, 0.1) is 0 Å². The van der Waals surface area contributed by atoms with Crippen LogP contribution < -0.4 is 0 Å². The van der Waals surface area contributed by atoms with Gasteiger partial charge in [0.2, 0.25) is 5.91 Å². The summed E-state index contributed by atoms with van der Waals surface area (Å²) in [5.41, 5.74) is -0.694. The monoisotopic (exact) mass is 335 g/mol. The summed E-state index contributed by atoms with van der Waals surface area (Å²) in [6.07, 6.45) is 8.86. The molecule has 0 atom stereocenters. The van der Waals surface area contributed by atoms with Crippen LogP contribution >= 0.6 is 0 Å². The molecule has 0 aromatic carbocycles. The third-order valence-electron chi connectivity index (χ3n) is 6.20. The van der Waals surface area contributed by atoms with Gasteiger partial charge in [-0.05, 0) is 32.6 Å². The van der Waals surface area contributed by atoms with Crippen LogP contribution in [0.3, 0.4) is 0 Å². The van der Waals surface area contributed by atoms with Gasteiger partial charge in [0.25, 0.3) is 5.91 Å². The molecule has 1 aliphatic heterocycles. The largest absolute Gasteiger partial charge is 0.338 e. The number of imide groups is 1. The minimum absolute atomic E-state index is 0.0904. The van der Waals surface area contributed by atoms with E-state index in [1.165, 1.54) is 4.90 Å². The molecule has 0 N–H and O–H groups in total. The summed E-state index contributed by atoms with van der Waals surface area (Å²) in [5.74, 6) is -0.252. The van der Waals surface area contributed by atoms with Crippen molar-refractivity contribution in [3.8, 4) is 0 Å². The minimum atomic E-state index is -0.694. The molecule has 0 radical (unpaired) electrons. The molecule has 4 amide bonds. The van der Waals surface area contributed by atoms with E-state index < -0.39 is 5.54 Å². The summed E-state index contributed by atoms with van der Waals surface area (Å²) < 4.78 is 0. The Hall–Kier alpha value is -1.59. The fourth-order valence-electron chi connectivity index (χ4n) is 4.75. The van der Waals surface area contributed by atoms with Crippen LogP contribution in [0.2, 0.25) is 0 Å². The number of urea groups is 1. The van der Waals surface area contributed by atoms with E-state index in [9.17, 15) is 14.4 Å². The van der Waals surface area contributed by atoms with Gasteiger partial charge in [0.1, 0.15) is 12.1 Å². The van der Waals surface area contributed by atoms with E-state index in [1.807, 2.05) is 11.8 Å². The van der Waals surface area contributed by atoms with Crippen LogP contribution in [-0.2, 0) is 9.59 Å². The second kappa shape index (κ2) is 6.73. The molecule has 0 aromatic heterocycles. The molecule has 0 unspecified atom stereocenters. The zero-order chi connectivity index (χ0) is 17.3. The standard InChI is InChI=1S/C18H29N3O3/c1-3-20(14-9-5-6-10-14)15(22)13-21-16(23)18(19(2)17(21)24)11-7-4-8-12-18/h14H,3-13H2,1-2H3. The van der Waals surface area contributed by atoms with Crippen molar-refractivity contribution in [1.29, 1.82) is 0 Å². The molecule has 0 aromatic rings. The molecule has 2 saturated carbocycles. The highest BCUT2D eigenvalue weighted by Gasteiger charge is 2.56. The lowest BCUT2D eigenvalue weighted by Gasteiger charge is -2.35. The molecule has 134 valence electrons. The van der Waals surface area contributed by atoms with Crippen molar-refractivity contribution in [2.24, 2.45) is 0 Å². The van der Waals surface area contributed by atoms with Gasteiger partial charge in [-0.2, -0.15) is 0 Å². The maximum atomic E-state index is 13.0. The van der Waals surface area contributed by atoms with Crippen LogP contribution in [0.25, 0.3) is 0 Å². The van der Waals surface area contributed by atoms with E-state index >= 15 is 0 Å². The Morgan fingerprint density at radius 3 is 2.33 bits per heavy atom. The Bertz CT molecular complexity index is 522. The lowest BCUT2D eigenvalue weighted by atomic mass is 9.81. The zero-order valence-electron chi connectivity index (χ0n) is 14.9. The fraction of sp³-hybridized carbons (Fsp3) is 0.833. The van der Waals surface area contributed by atoms with Gasteiger partial charge in [0.15, 0.2) is 0 Å². The van der Waals surface area contributed by atoms with Crippen LogP contribution in [-0.4, -0.2) is 64.3 Å². The molecule has 3 rings (SSSR count). The van der Waals surface area contributed by atoms with Crippen molar-refractivity contribution in [3.63, 3.8) is 0 Å². The average molecular weight is 335 g/mol. The SMILES string of the molecule is CCN(C(=O)CN1C(=O)N(C)C2(CCCCC2)C1=O)C1CCCC1. The highest BCUT2D eigenvalue weighted by molar-refractivity contribution is 6.08. The zero-order valence-corrected chi connectivity index (χ0v) is 14.9. The van der Waals surface area contributed by atoms with Gasteiger partial charge < -0.3 is 9.80 Å². The van der Waals surface area contributed by atoms with Crippen molar-refractivity contribution in [2.45, 2.75) is 76.3 Å². The number of amides is 4. The maximum absolute atomic E-state index is 13.0. The molecule has 2 aliphatic carbocycles. The summed E-state index contributed by atoms with van der Waals surface area (Å²) in [6, 6.07) is -0.0330. The topological polar surface area (TPSA) is 60.9 Å². The highest BCUT2D eigenvalue weighted by atomic mass is 16.2. The van der Waals surface area contributed by atoms with Gasteiger partial charge in [-0.15, -0.1) is 0 Å². The smallest absolute Gasteiger partial charge is 0.327 e. The Morgan fingerprint density at radius 1 is 1.12 bits per heavy atom. The molecular weight excluding hydrogens is 306 g/mol. The Labute approximate surface area is 144 Å². The first-order valence-corrected chi connectivity index (χ1v) is 9.40. The van der Waals surface area contributed by atoms with Crippen molar-refractivity contribution in [1.82, 2.24) is 14.7 Å². The number of likely N-dealkylation sites (N-methyl/N-ethyl adjacent to an activating group) is 2. The number of hydrogen-bond donors (Lipinski definition) is 0. The predicted octanol–water partition coefficient (Wildman–Crippen LogP) is 2.37. The number of carbonyl (C=O) groups is 3. The first-order chi connectivity index (χ1) is 11.5. The van der Waals surface area contributed by atoms with Crippen LogP contribution in [0.1, 0.15) is 64.7 Å². The van der Waals surface area contributed by atoms with E-state index in [0.717, 1.165) is 57.8 Å². The first kappa shape index (κ1) is 17.2. The lowest BCUT2D eigenvalue weighted by Crippen LogP contribution is -2.50. The van der Waals surface area contributed by atoms with Gasteiger partial charge in [-0.25, -0.2) is 4.79 Å². The molecule has 3 fully saturated rings. The summed E-state index contributed by atoms with van der Waals surface area (Å²) in [7, 11) is 1.71. The Kier molecular flexibility index (Phi) is 4.83. The molecule has 6 nitrogen and oxygen atoms in total. The Morgan fingerprint density at radius 2 is 1.75 bits per heavy atom. The molecule has 1 spiro atoms. The van der Waals surface area contributed by atoms with Gasteiger partial charge in [-0.3, -0.25) is 14.5 Å². The Balaban J connectivity index is 1.73. The van der Waals surface area contributed by atoms with E-state index in [1.54, 1.807) is 11.9 Å². The second-order valence-corrected chi connectivity index (χ2v) is 7.44. The summed E-state index contributed by atoms with van der Waals surface area (Å²) >= 11 is 0. The fourth-order valence-corrected chi connectivity index (χ4v) is 4.75. The number of nitrogens with zero attached hydrogens (tertiary/aromatic N) is 3. The molecule has 24 heavy (non-hydrogen) atoms. The molecule has 0 bridgehead atoms. The minimum Gasteiger partial charge on any atom is -0.338 e. The van der Waals surface area contributed by atoms with Gasteiger partial charge in [0.05, 0.1) is 0 Å². The third-order valence-corrected chi connectivity index (χ3v) is 6.20. The summed E-state index contributed by atoms with van der Waals surface area (Å²) in [5, 5.41) is 0. The van der Waals surface area contributed by atoms with Crippen molar-refractivity contribution in [3.05, 3.63) is 0 Å². The van der Waals surface area contributed by atoms with Crippen LogP contribution in [0.4, 0.5) is 4.79 Å². The quantitative estimate of drug-likeness (QED) is 0.741. The summed E-state index contributed by atoms with van der Waals surface area (Å²) in [4.78, 5) is 43.0. The predicted molar refractivity (Wildman–Crippen MR) is 90.3 cm³/mol. The highest BCUT2D eigenvalue weighted by Crippen LogP contribution is 2.39. The number of carbonyl (C=O) groups excluding carboxylic acids is 3. The summed E-state index contributed by atoms with van der Waals surface area (Å²) in [6.45, 7) is 2.51. The van der Waals surface area contributed by atoms with Gasteiger partial charge in [0, 0.05) is 19.6 Å². The van der Waals surface area contributed by atoms with E-state index in [-0.39, 0.29) is 30.4 Å². The average Bonchev–Trinajstić information content (AvgIpc) is 3.17. The lowest BCUT2D eigenvalue weighted by molar-refractivity contribution is -0.141. The van der Waals surface area contributed by atoms with Crippen LogP contribution in [0.5, 0.6) is 0 Å². The third kappa shape index (κ3) is 2.70. The second-order valence-electron chi connectivity index (χ2n) is 7.44. The van der Waals surface area contributed by atoms with Crippen LogP contribution in [0.15, 0.2) is 0 Å². The normalized spacial score (nSPS) is 24.2. The van der Waals surface area contributed by atoms with Crippen molar-refractivity contribution >= 4 is 17.8 Å². The molecular formula is C18H29N3O3. The van der Waals surface area contributed by atoms with Gasteiger partial charge in [-0.1, -0.05) is 32.1 Å². The molecule has 1 saturated heterocycles. The van der Waals surface area contributed by atoms with E-state index in [2.05, 4.69) is 0 Å². The van der Waals surface area contributed by atoms with E-state index in [0.29, 0.717) is 6.54 Å².